The summed E-state index contributed by atoms with van der Waals surface area (Å²) in [7, 11) is 0. The normalized spacial score (nSPS) is 10.9. The molecule has 0 saturated heterocycles. The molecule has 8 nitrogen and oxygen atoms in total. The minimum Gasteiger partial charge on any atom is -0.325 e. The van der Waals surface area contributed by atoms with Gasteiger partial charge in [0.25, 0.3) is 0 Å². The lowest BCUT2D eigenvalue weighted by atomic mass is 10.2. The summed E-state index contributed by atoms with van der Waals surface area (Å²) in [5, 5.41) is 5.79. The van der Waals surface area contributed by atoms with E-state index in [9.17, 15) is 14.4 Å². The van der Waals surface area contributed by atoms with Gasteiger partial charge in [0, 0.05) is 25.9 Å². The number of anilines is 2. The van der Waals surface area contributed by atoms with Gasteiger partial charge in [-0.15, -0.1) is 0 Å². The SMILES string of the molecule is CCn1c(=O)n(CC)c2nc(NC(=O)CCC(=O)Nc3ccccc3Cl)ccc21. The topological polar surface area (TPSA) is 98.0 Å². The average molecular weight is 416 g/mol. The fourth-order valence-corrected chi connectivity index (χ4v) is 3.24. The maximum absolute atomic E-state index is 12.4. The number of halogens is 1. The minimum absolute atomic E-state index is 0.00514. The first kappa shape index (κ1) is 20.6. The molecule has 0 aliphatic carbocycles. The second kappa shape index (κ2) is 8.91. The van der Waals surface area contributed by atoms with Crippen molar-refractivity contribution in [1.82, 2.24) is 14.1 Å². The number of hydrogen-bond acceptors (Lipinski definition) is 4. The zero-order valence-corrected chi connectivity index (χ0v) is 17.0. The molecule has 0 saturated carbocycles. The molecule has 2 N–H and O–H groups in total. The highest BCUT2D eigenvalue weighted by Gasteiger charge is 2.14. The van der Waals surface area contributed by atoms with E-state index in [0.29, 0.717) is 35.3 Å². The van der Waals surface area contributed by atoms with Gasteiger partial charge in [0.05, 0.1) is 16.2 Å². The van der Waals surface area contributed by atoms with E-state index in [0.717, 1.165) is 5.52 Å². The smallest absolute Gasteiger partial charge is 0.325 e. The number of fused-ring (bicyclic) bond motifs is 1. The van der Waals surface area contributed by atoms with Gasteiger partial charge in [-0.1, -0.05) is 23.7 Å². The summed E-state index contributed by atoms with van der Waals surface area (Å²) in [6.45, 7) is 4.78. The summed E-state index contributed by atoms with van der Waals surface area (Å²) >= 11 is 6.01. The van der Waals surface area contributed by atoms with Gasteiger partial charge in [-0.2, -0.15) is 0 Å². The molecule has 2 aromatic heterocycles. The summed E-state index contributed by atoms with van der Waals surface area (Å²) in [5.41, 5.74) is 1.62. The van der Waals surface area contributed by atoms with Crippen molar-refractivity contribution in [3.63, 3.8) is 0 Å². The molecule has 3 aromatic rings. The molecule has 2 amide bonds. The van der Waals surface area contributed by atoms with Gasteiger partial charge in [-0.3, -0.25) is 18.7 Å². The molecule has 29 heavy (non-hydrogen) atoms. The number of benzene rings is 1. The largest absolute Gasteiger partial charge is 0.330 e. The molecule has 0 atom stereocenters. The van der Waals surface area contributed by atoms with E-state index in [2.05, 4.69) is 15.6 Å². The van der Waals surface area contributed by atoms with Crippen LogP contribution in [-0.4, -0.2) is 25.9 Å². The monoisotopic (exact) mass is 415 g/mol. The van der Waals surface area contributed by atoms with Crippen molar-refractivity contribution in [3.05, 3.63) is 51.9 Å². The molecule has 0 unspecified atom stereocenters. The minimum atomic E-state index is -0.341. The van der Waals surface area contributed by atoms with E-state index in [4.69, 9.17) is 11.6 Å². The zero-order chi connectivity index (χ0) is 21.0. The Balaban J connectivity index is 1.65. The third-order valence-corrected chi connectivity index (χ3v) is 4.82. The van der Waals surface area contributed by atoms with Gasteiger partial charge < -0.3 is 10.6 Å². The number of hydrogen-bond donors (Lipinski definition) is 2. The lowest BCUT2D eigenvalue weighted by Crippen LogP contribution is -2.23. The number of nitrogens with one attached hydrogen (secondary N) is 2. The highest BCUT2D eigenvalue weighted by molar-refractivity contribution is 6.33. The molecule has 0 aliphatic heterocycles. The summed E-state index contributed by atoms with van der Waals surface area (Å²) in [5.74, 6) is -0.313. The number of carbonyl (C=O) groups is 2. The Morgan fingerprint density at radius 3 is 2.28 bits per heavy atom. The number of para-hydroxylation sites is 1. The Hall–Kier alpha value is -3.13. The van der Waals surface area contributed by atoms with Crippen LogP contribution in [0.4, 0.5) is 11.5 Å². The molecule has 0 spiro atoms. The van der Waals surface area contributed by atoms with Gasteiger partial charge in [-0.25, -0.2) is 9.78 Å². The highest BCUT2D eigenvalue weighted by Crippen LogP contribution is 2.20. The first-order chi connectivity index (χ1) is 13.9. The lowest BCUT2D eigenvalue weighted by molar-refractivity contribution is -0.121. The van der Waals surface area contributed by atoms with Crippen molar-refractivity contribution in [1.29, 1.82) is 0 Å². The van der Waals surface area contributed by atoms with E-state index < -0.39 is 0 Å². The standard InChI is InChI=1S/C20H22ClN5O3/c1-3-25-15-9-10-16(24-19(15)26(4-2)20(25)29)23-18(28)12-11-17(27)22-14-8-6-5-7-13(14)21/h5-10H,3-4,11-12H2,1-2H3,(H,22,27)(H,23,24,28). The summed E-state index contributed by atoms with van der Waals surface area (Å²) in [6.07, 6.45) is -0.00224. The third-order valence-electron chi connectivity index (χ3n) is 4.49. The molecule has 2 heterocycles. The van der Waals surface area contributed by atoms with Crippen LogP contribution in [-0.2, 0) is 22.7 Å². The molecule has 152 valence electrons. The molecule has 9 heteroatoms. The number of nitrogens with zero attached hydrogens (tertiary/aromatic N) is 3. The molecular weight excluding hydrogens is 394 g/mol. The van der Waals surface area contributed by atoms with Crippen LogP contribution in [0.2, 0.25) is 5.02 Å². The van der Waals surface area contributed by atoms with E-state index in [1.807, 2.05) is 13.8 Å². The second-order valence-corrected chi connectivity index (χ2v) is 6.79. The fourth-order valence-electron chi connectivity index (χ4n) is 3.06. The molecule has 0 bridgehead atoms. The van der Waals surface area contributed by atoms with Gasteiger partial charge >= 0.3 is 5.69 Å². The fraction of sp³-hybridized carbons (Fsp3) is 0.300. The first-order valence-electron chi connectivity index (χ1n) is 9.38. The quantitative estimate of drug-likeness (QED) is 0.618. The highest BCUT2D eigenvalue weighted by atomic mass is 35.5. The Morgan fingerprint density at radius 1 is 0.966 bits per heavy atom. The number of pyridine rings is 1. The van der Waals surface area contributed by atoms with Crippen LogP contribution < -0.4 is 16.3 Å². The van der Waals surface area contributed by atoms with Crippen LogP contribution in [0.15, 0.2) is 41.2 Å². The number of imidazole rings is 1. The number of aromatic nitrogens is 3. The molecule has 0 radical (unpaired) electrons. The van der Waals surface area contributed by atoms with E-state index in [-0.39, 0.29) is 30.3 Å². The summed E-state index contributed by atoms with van der Waals surface area (Å²) in [4.78, 5) is 41.1. The van der Waals surface area contributed by atoms with Gasteiger partial charge in [0.1, 0.15) is 5.82 Å². The Labute approximate surface area is 172 Å². The van der Waals surface area contributed by atoms with Gasteiger partial charge in [0.2, 0.25) is 11.8 Å². The van der Waals surface area contributed by atoms with Gasteiger partial charge in [0.15, 0.2) is 5.65 Å². The third kappa shape index (κ3) is 4.48. The Bertz CT molecular complexity index is 1120. The maximum atomic E-state index is 12.4. The summed E-state index contributed by atoms with van der Waals surface area (Å²) < 4.78 is 3.20. The Kier molecular flexibility index (Phi) is 6.33. The van der Waals surface area contributed by atoms with Crippen molar-refractivity contribution in [2.45, 2.75) is 39.8 Å². The average Bonchev–Trinajstić information content (AvgIpc) is 2.98. The zero-order valence-electron chi connectivity index (χ0n) is 16.2. The predicted molar refractivity (Wildman–Crippen MR) is 113 cm³/mol. The lowest BCUT2D eigenvalue weighted by Gasteiger charge is -2.08. The number of amides is 2. The van der Waals surface area contributed by atoms with Crippen LogP contribution in [0.25, 0.3) is 11.2 Å². The van der Waals surface area contributed by atoms with Crippen molar-refractivity contribution < 1.29 is 9.59 Å². The van der Waals surface area contributed by atoms with E-state index in [1.54, 1.807) is 45.5 Å². The second-order valence-electron chi connectivity index (χ2n) is 6.39. The van der Waals surface area contributed by atoms with Crippen molar-refractivity contribution >= 4 is 46.1 Å². The number of rotatable bonds is 7. The van der Waals surface area contributed by atoms with Crippen LogP contribution in [0.1, 0.15) is 26.7 Å². The Morgan fingerprint density at radius 2 is 1.62 bits per heavy atom. The molecule has 1 aromatic carbocycles. The van der Waals surface area contributed by atoms with Crippen molar-refractivity contribution in [2.24, 2.45) is 0 Å². The van der Waals surface area contributed by atoms with Gasteiger partial charge in [-0.05, 0) is 38.1 Å². The van der Waals surface area contributed by atoms with Crippen LogP contribution in [0.3, 0.4) is 0 Å². The van der Waals surface area contributed by atoms with Crippen LogP contribution in [0.5, 0.6) is 0 Å². The first-order valence-corrected chi connectivity index (χ1v) is 9.76. The van der Waals surface area contributed by atoms with Crippen molar-refractivity contribution in [2.75, 3.05) is 10.6 Å². The van der Waals surface area contributed by atoms with Crippen LogP contribution >= 0.6 is 11.6 Å². The predicted octanol–water partition coefficient (Wildman–Crippen LogP) is 3.25. The van der Waals surface area contributed by atoms with Crippen molar-refractivity contribution in [3.8, 4) is 0 Å². The number of aryl methyl sites for hydroxylation is 2. The van der Waals surface area contributed by atoms with E-state index >= 15 is 0 Å². The van der Waals surface area contributed by atoms with Crippen LogP contribution in [0, 0.1) is 0 Å². The summed E-state index contributed by atoms with van der Waals surface area (Å²) in [6, 6.07) is 10.3. The number of carbonyl (C=O) groups excluding carboxylic acids is 2. The molecule has 0 aliphatic rings. The molecule has 0 fully saturated rings. The maximum Gasteiger partial charge on any atom is 0.330 e. The molecular formula is C20H22ClN5O3. The van der Waals surface area contributed by atoms with E-state index in [1.165, 1.54) is 0 Å². The molecule has 3 rings (SSSR count).